The smallest absolute Gasteiger partial charge is 0.162 e. The molecule has 0 saturated carbocycles. The number of hydrogen-bond donors (Lipinski definition) is 1. The van der Waals surface area contributed by atoms with Gasteiger partial charge in [0.2, 0.25) is 0 Å². The number of benzene rings is 1. The van der Waals surface area contributed by atoms with Gasteiger partial charge in [-0.05, 0) is 36.6 Å². The highest BCUT2D eigenvalue weighted by Gasteiger charge is 2.10. The fraction of sp³-hybridized carbons (Fsp3) is 0.600. The molecule has 3 nitrogen and oxygen atoms in total. The molecule has 0 bridgehead atoms. The molecule has 0 heterocycles. The summed E-state index contributed by atoms with van der Waals surface area (Å²) in [5.74, 6) is 2.23. The molecular formula is C15H24BrNO2. The Morgan fingerprint density at radius 1 is 1.26 bits per heavy atom. The van der Waals surface area contributed by atoms with E-state index in [0.717, 1.165) is 35.5 Å². The van der Waals surface area contributed by atoms with Crippen LogP contribution in [0.5, 0.6) is 11.5 Å². The van der Waals surface area contributed by atoms with Crippen molar-refractivity contribution in [3.05, 3.63) is 22.2 Å². The Labute approximate surface area is 124 Å². The fourth-order valence-corrected chi connectivity index (χ4v) is 2.16. The quantitative estimate of drug-likeness (QED) is 0.782. The topological polar surface area (TPSA) is 30.5 Å². The van der Waals surface area contributed by atoms with Crippen molar-refractivity contribution in [2.24, 2.45) is 5.92 Å². The number of halogens is 1. The highest BCUT2D eigenvalue weighted by molar-refractivity contribution is 9.10. The van der Waals surface area contributed by atoms with Gasteiger partial charge in [0, 0.05) is 11.0 Å². The molecule has 1 N–H and O–H groups in total. The first-order valence-electron chi connectivity index (χ1n) is 6.78. The van der Waals surface area contributed by atoms with Crippen LogP contribution in [0.25, 0.3) is 0 Å². The van der Waals surface area contributed by atoms with Gasteiger partial charge in [-0.15, -0.1) is 0 Å². The zero-order valence-corrected chi connectivity index (χ0v) is 13.8. The summed E-state index contributed by atoms with van der Waals surface area (Å²) in [7, 11) is 1.67. The van der Waals surface area contributed by atoms with Crippen LogP contribution in [0, 0.1) is 5.92 Å². The maximum Gasteiger partial charge on any atom is 0.162 e. The highest BCUT2D eigenvalue weighted by Crippen LogP contribution is 2.33. The van der Waals surface area contributed by atoms with Crippen molar-refractivity contribution in [2.75, 3.05) is 20.3 Å². The van der Waals surface area contributed by atoms with E-state index in [-0.39, 0.29) is 0 Å². The molecule has 1 aromatic carbocycles. The Bertz CT molecular complexity index is 394. The Hall–Kier alpha value is -0.740. The van der Waals surface area contributed by atoms with E-state index in [1.807, 2.05) is 12.1 Å². The summed E-state index contributed by atoms with van der Waals surface area (Å²) in [5, 5.41) is 3.43. The first-order chi connectivity index (χ1) is 9.08. The third-order valence-electron chi connectivity index (χ3n) is 2.66. The Morgan fingerprint density at radius 3 is 2.58 bits per heavy atom. The zero-order chi connectivity index (χ0) is 14.3. The van der Waals surface area contributed by atoms with Crippen LogP contribution in [-0.4, -0.2) is 20.3 Å². The van der Waals surface area contributed by atoms with Crippen LogP contribution in [0.1, 0.15) is 32.8 Å². The van der Waals surface area contributed by atoms with E-state index in [2.05, 4.69) is 42.0 Å². The van der Waals surface area contributed by atoms with Gasteiger partial charge in [0.25, 0.3) is 0 Å². The van der Waals surface area contributed by atoms with Gasteiger partial charge >= 0.3 is 0 Å². The van der Waals surface area contributed by atoms with Crippen molar-refractivity contribution in [2.45, 2.75) is 33.7 Å². The summed E-state index contributed by atoms with van der Waals surface area (Å²) in [6.45, 7) is 9.01. The van der Waals surface area contributed by atoms with E-state index < -0.39 is 0 Å². The second kappa shape index (κ2) is 8.43. The largest absolute Gasteiger partial charge is 0.493 e. The van der Waals surface area contributed by atoms with Gasteiger partial charge in [-0.3, -0.25) is 0 Å². The predicted octanol–water partition coefficient (Wildman–Crippen LogP) is 3.99. The lowest BCUT2D eigenvalue weighted by molar-refractivity contribution is 0.294. The van der Waals surface area contributed by atoms with E-state index in [1.165, 1.54) is 5.56 Å². The summed E-state index contributed by atoms with van der Waals surface area (Å²) in [6, 6.07) is 4.02. The van der Waals surface area contributed by atoms with Crippen LogP contribution in [-0.2, 0) is 6.54 Å². The molecule has 0 aliphatic carbocycles. The van der Waals surface area contributed by atoms with Gasteiger partial charge in [-0.25, -0.2) is 0 Å². The molecule has 1 rings (SSSR count). The standard InChI is InChI=1S/C15H24BrNO2/c1-5-6-19-15-8-13(16)12(7-14(15)18-4)10-17-9-11(2)3/h7-8,11,17H,5-6,9-10H2,1-4H3. The van der Waals surface area contributed by atoms with Crippen LogP contribution in [0.4, 0.5) is 0 Å². The fourth-order valence-electron chi connectivity index (χ4n) is 1.69. The maximum atomic E-state index is 5.68. The Kier molecular flexibility index (Phi) is 7.24. The van der Waals surface area contributed by atoms with Gasteiger partial charge in [0.1, 0.15) is 0 Å². The van der Waals surface area contributed by atoms with E-state index in [4.69, 9.17) is 9.47 Å². The number of rotatable bonds is 8. The average molecular weight is 330 g/mol. The SMILES string of the molecule is CCCOc1cc(Br)c(CNCC(C)C)cc1OC. The van der Waals surface area contributed by atoms with Crippen molar-refractivity contribution in [3.8, 4) is 11.5 Å². The third kappa shape index (κ3) is 5.41. The normalized spacial score (nSPS) is 10.8. The predicted molar refractivity (Wildman–Crippen MR) is 83.0 cm³/mol. The van der Waals surface area contributed by atoms with Crippen LogP contribution in [0.2, 0.25) is 0 Å². The molecule has 0 atom stereocenters. The summed E-state index contributed by atoms with van der Waals surface area (Å²) in [5.41, 5.74) is 1.18. The molecule has 108 valence electrons. The van der Waals surface area contributed by atoms with Crippen molar-refractivity contribution < 1.29 is 9.47 Å². The summed E-state index contributed by atoms with van der Waals surface area (Å²) < 4.78 is 12.1. The molecule has 0 saturated heterocycles. The second-order valence-corrected chi connectivity index (χ2v) is 5.82. The van der Waals surface area contributed by atoms with Crippen LogP contribution in [0.3, 0.4) is 0 Å². The van der Waals surface area contributed by atoms with Crippen LogP contribution < -0.4 is 14.8 Å². The molecular weight excluding hydrogens is 306 g/mol. The minimum absolute atomic E-state index is 0.646. The van der Waals surface area contributed by atoms with Crippen LogP contribution in [0.15, 0.2) is 16.6 Å². The average Bonchev–Trinajstić information content (AvgIpc) is 2.38. The first kappa shape index (κ1) is 16.3. The number of nitrogens with one attached hydrogen (secondary N) is 1. The molecule has 0 aromatic heterocycles. The first-order valence-corrected chi connectivity index (χ1v) is 7.57. The minimum Gasteiger partial charge on any atom is -0.493 e. The van der Waals surface area contributed by atoms with Crippen molar-refractivity contribution in [1.29, 1.82) is 0 Å². The molecule has 0 aliphatic rings. The molecule has 0 radical (unpaired) electrons. The van der Waals surface area contributed by atoms with Gasteiger partial charge in [0.05, 0.1) is 13.7 Å². The van der Waals surface area contributed by atoms with Crippen molar-refractivity contribution in [3.63, 3.8) is 0 Å². The monoisotopic (exact) mass is 329 g/mol. The Balaban J connectivity index is 2.77. The lowest BCUT2D eigenvalue weighted by atomic mass is 10.1. The molecule has 4 heteroatoms. The van der Waals surface area contributed by atoms with Crippen molar-refractivity contribution in [1.82, 2.24) is 5.32 Å². The van der Waals surface area contributed by atoms with Gasteiger partial charge in [-0.2, -0.15) is 0 Å². The van der Waals surface area contributed by atoms with E-state index in [0.29, 0.717) is 12.5 Å². The van der Waals surface area contributed by atoms with Gasteiger partial charge in [0.15, 0.2) is 11.5 Å². The van der Waals surface area contributed by atoms with Crippen LogP contribution >= 0.6 is 15.9 Å². The molecule has 0 aliphatic heterocycles. The lowest BCUT2D eigenvalue weighted by Gasteiger charge is -2.14. The molecule has 19 heavy (non-hydrogen) atoms. The second-order valence-electron chi connectivity index (χ2n) is 4.97. The van der Waals surface area contributed by atoms with Crippen molar-refractivity contribution >= 4 is 15.9 Å². The molecule has 0 unspecified atom stereocenters. The molecule has 0 amide bonds. The lowest BCUT2D eigenvalue weighted by Crippen LogP contribution is -2.19. The maximum absolute atomic E-state index is 5.68. The Morgan fingerprint density at radius 2 is 2.00 bits per heavy atom. The number of methoxy groups -OCH3 is 1. The van der Waals surface area contributed by atoms with Gasteiger partial charge in [-0.1, -0.05) is 36.7 Å². The van der Waals surface area contributed by atoms with E-state index >= 15 is 0 Å². The number of hydrogen-bond acceptors (Lipinski definition) is 3. The van der Waals surface area contributed by atoms with E-state index in [9.17, 15) is 0 Å². The molecule has 0 fully saturated rings. The number of ether oxygens (including phenoxy) is 2. The summed E-state index contributed by atoms with van der Waals surface area (Å²) >= 11 is 3.59. The summed E-state index contributed by atoms with van der Waals surface area (Å²) in [4.78, 5) is 0. The third-order valence-corrected chi connectivity index (χ3v) is 3.40. The highest BCUT2D eigenvalue weighted by atomic mass is 79.9. The van der Waals surface area contributed by atoms with E-state index in [1.54, 1.807) is 7.11 Å². The molecule has 1 aromatic rings. The summed E-state index contributed by atoms with van der Waals surface area (Å²) in [6.07, 6.45) is 0.985. The minimum atomic E-state index is 0.646. The zero-order valence-electron chi connectivity index (χ0n) is 12.3. The molecule has 0 spiro atoms. The van der Waals surface area contributed by atoms with Gasteiger partial charge < -0.3 is 14.8 Å².